The highest BCUT2D eigenvalue weighted by atomic mass is 79.9. The molecule has 8 heteroatoms. The number of nitrogens with zero attached hydrogens (tertiary/aromatic N) is 1. The lowest BCUT2D eigenvalue weighted by Crippen LogP contribution is -2.39. The first kappa shape index (κ1) is 19.5. The number of thiophene rings is 1. The van der Waals surface area contributed by atoms with E-state index in [9.17, 15) is 4.79 Å². The summed E-state index contributed by atoms with van der Waals surface area (Å²) in [5.41, 5.74) is 2.92. The van der Waals surface area contributed by atoms with Crippen molar-refractivity contribution in [3.05, 3.63) is 38.2 Å². The van der Waals surface area contributed by atoms with Gasteiger partial charge in [-0.2, -0.15) is 0 Å². The van der Waals surface area contributed by atoms with Gasteiger partial charge in [0.2, 0.25) is 0 Å². The van der Waals surface area contributed by atoms with Gasteiger partial charge in [0.1, 0.15) is 11.2 Å². The van der Waals surface area contributed by atoms with Crippen molar-refractivity contribution in [2.24, 2.45) is 0 Å². The number of methoxy groups -OCH3 is 2. The van der Waals surface area contributed by atoms with Crippen LogP contribution in [-0.4, -0.2) is 37.6 Å². The Morgan fingerprint density at radius 1 is 1.25 bits per heavy atom. The number of halogens is 1. The number of anilines is 1. The summed E-state index contributed by atoms with van der Waals surface area (Å²) >= 11 is 5.23. The molecule has 150 valence electrons. The molecule has 3 heterocycles. The van der Waals surface area contributed by atoms with E-state index >= 15 is 0 Å². The average molecular weight is 466 g/mol. The molecule has 2 aliphatic rings. The average Bonchev–Trinajstić information content (AvgIpc) is 3.05. The highest BCUT2D eigenvalue weighted by molar-refractivity contribution is 9.10. The molecule has 0 saturated carbocycles. The summed E-state index contributed by atoms with van der Waals surface area (Å²) in [5.74, 6) is 1.24. The lowest BCUT2D eigenvalue weighted by atomic mass is 9.99. The van der Waals surface area contributed by atoms with Crippen molar-refractivity contribution < 1.29 is 14.3 Å². The van der Waals surface area contributed by atoms with E-state index in [1.54, 1.807) is 25.6 Å². The van der Waals surface area contributed by atoms with Gasteiger partial charge in [0.25, 0.3) is 5.91 Å². The van der Waals surface area contributed by atoms with Gasteiger partial charge in [0, 0.05) is 24.0 Å². The standard InChI is InChI=1S/C20H24BrN3O3S/c1-10(2)24-6-5-12-15(9-24)28-20-16(12)19(25)22-18(23-20)11-7-13(21)17(27-4)14(8-11)26-3/h7-8,10,18,23H,5-6,9H2,1-4H3,(H,22,25). The van der Waals surface area contributed by atoms with Gasteiger partial charge in [0.15, 0.2) is 11.5 Å². The fraction of sp³-hybridized carbons (Fsp3) is 0.450. The number of benzene rings is 1. The summed E-state index contributed by atoms with van der Waals surface area (Å²) in [4.78, 5) is 16.7. The molecule has 1 unspecified atom stereocenters. The predicted octanol–water partition coefficient (Wildman–Crippen LogP) is 4.15. The van der Waals surface area contributed by atoms with Crippen LogP contribution in [0.2, 0.25) is 0 Å². The Bertz CT molecular complexity index is 928. The first-order chi connectivity index (χ1) is 13.4. The number of rotatable bonds is 4. The first-order valence-electron chi connectivity index (χ1n) is 9.30. The minimum absolute atomic E-state index is 0.0137. The Labute approximate surface area is 177 Å². The lowest BCUT2D eigenvalue weighted by molar-refractivity contribution is 0.0934. The molecular formula is C20H24BrN3O3S. The highest BCUT2D eigenvalue weighted by Gasteiger charge is 2.34. The molecule has 4 rings (SSSR count). The molecule has 1 aromatic heterocycles. The molecule has 1 amide bonds. The van der Waals surface area contributed by atoms with E-state index in [1.807, 2.05) is 12.1 Å². The molecular weight excluding hydrogens is 442 g/mol. The molecule has 1 atom stereocenters. The Balaban J connectivity index is 1.66. The number of hydrogen-bond donors (Lipinski definition) is 2. The zero-order valence-electron chi connectivity index (χ0n) is 16.4. The molecule has 0 fully saturated rings. The molecule has 0 saturated heterocycles. The van der Waals surface area contributed by atoms with E-state index in [0.717, 1.165) is 40.1 Å². The quantitative estimate of drug-likeness (QED) is 0.709. The fourth-order valence-electron chi connectivity index (χ4n) is 3.85. The smallest absolute Gasteiger partial charge is 0.256 e. The summed E-state index contributed by atoms with van der Waals surface area (Å²) < 4.78 is 11.6. The number of amides is 1. The minimum Gasteiger partial charge on any atom is -0.493 e. The van der Waals surface area contributed by atoms with Crippen LogP contribution in [0.4, 0.5) is 5.00 Å². The Hall–Kier alpha value is -1.77. The van der Waals surface area contributed by atoms with Crippen molar-refractivity contribution in [3.8, 4) is 11.5 Å². The second-order valence-corrected chi connectivity index (χ2v) is 9.27. The van der Waals surface area contributed by atoms with Crippen LogP contribution >= 0.6 is 27.3 Å². The van der Waals surface area contributed by atoms with Crippen LogP contribution in [0.5, 0.6) is 11.5 Å². The molecule has 1 aromatic carbocycles. The molecule has 0 radical (unpaired) electrons. The number of nitrogens with one attached hydrogen (secondary N) is 2. The maximum absolute atomic E-state index is 13.0. The number of carbonyl (C=O) groups excluding carboxylic acids is 1. The van der Waals surface area contributed by atoms with Gasteiger partial charge in [-0.1, -0.05) is 0 Å². The van der Waals surface area contributed by atoms with E-state index in [4.69, 9.17) is 9.47 Å². The maximum Gasteiger partial charge on any atom is 0.256 e. The van der Waals surface area contributed by atoms with Crippen LogP contribution < -0.4 is 20.1 Å². The van der Waals surface area contributed by atoms with Crippen molar-refractivity contribution in [2.75, 3.05) is 26.1 Å². The first-order valence-corrected chi connectivity index (χ1v) is 10.9. The molecule has 0 aliphatic carbocycles. The zero-order chi connectivity index (χ0) is 20.0. The topological polar surface area (TPSA) is 62.8 Å². The highest BCUT2D eigenvalue weighted by Crippen LogP contribution is 2.43. The lowest BCUT2D eigenvalue weighted by Gasteiger charge is -2.31. The Kier molecular flexibility index (Phi) is 5.28. The fourth-order valence-corrected chi connectivity index (χ4v) is 5.77. The summed E-state index contributed by atoms with van der Waals surface area (Å²) in [6.45, 7) is 6.34. The summed E-state index contributed by atoms with van der Waals surface area (Å²) in [6, 6.07) is 4.34. The van der Waals surface area contributed by atoms with E-state index in [0.29, 0.717) is 17.5 Å². The second-order valence-electron chi connectivity index (χ2n) is 7.31. The summed E-state index contributed by atoms with van der Waals surface area (Å²) in [7, 11) is 3.21. The SMILES string of the molecule is COc1cc(C2NC(=O)c3c(sc4c3CCN(C(C)C)C4)N2)cc(Br)c1OC. The van der Waals surface area contributed by atoms with Gasteiger partial charge >= 0.3 is 0 Å². The summed E-state index contributed by atoms with van der Waals surface area (Å²) in [5, 5.41) is 7.57. The molecule has 0 spiro atoms. The Morgan fingerprint density at radius 2 is 2.04 bits per heavy atom. The van der Waals surface area contributed by atoms with E-state index in [-0.39, 0.29) is 12.1 Å². The van der Waals surface area contributed by atoms with Crippen molar-refractivity contribution in [1.82, 2.24) is 10.2 Å². The van der Waals surface area contributed by atoms with E-state index in [2.05, 4.69) is 45.3 Å². The van der Waals surface area contributed by atoms with E-state index < -0.39 is 0 Å². The monoisotopic (exact) mass is 465 g/mol. The van der Waals surface area contributed by atoms with Gasteiger partial charge in [-0.05, 0) is 59.5 Å². The van der Waals surface area contributed by atoms with Crippen LogP contribution in [0.1, 0.15) is 46.4 Å². The number of ether oxygens (including phenoxy) is 2. The normalized spacial score (nSPS) is 18.9. The molecule has 0 bridgehead atoms. The number of carbonyl (C=O) groups is 1. The minimum atomic E-state index is -0.322. The summed E-state index contributed by atoms with van der Waals surface area (Å²) in [6.07, 6.45) is 0.596. The van der Waals surface area contributed by atoms with Gasteiger partial charge in [-0.25, -0.2) is 0 Å². The molecule has 2 aliphatic heterocycles. The van der Waals surface area contributed by atoms with Crippen molar-refractivity contribution >= 4 is 38.2 Å². The van der Waals surface area contributed by atoms with Crippen molar-refractivity contribution in [1.29, 1.82) is 0 Å². The van der Waals surface area contributed by atoms with Gasteiger partial charge in [-0.3, -0.25) is 9.69 Å². The Morgan fingerprint density at radius 3 is 2.71 bits per heavy atom. The third-order valence-corrected chi connectivity index (χ3v) is 7.12. The number of hydrogen-bond acceptors (Lipinski definition) is 6. The maximum atomic E-state index is 13.0. The van der Waals surface area contributed by atoms with Gasteiger partial charge in [-0.15, -0.1) is 11.3 Å². The van der Waals surface area contributed by atoms with Crippen molar-refractivity contribution in [2.45, 2.75) is 39.0 Å². The third kappa shape index (κ3) is 3.27. The van der Waals surface area contributed by atoms with Crippen LogP contribution in [0, 0.1) is 0 Å². The number of fused-ring (bicyclic) bond motifs is 3. The van der Waals surface area contributed by atoms with Gasteiger partial charge in [0.05, 0.1) is 24.3 Å². The van der Waals surface area contributed by atoms with Crippen LogP contribution in [-0.2, 0) is 13.0 Å². The molecule has 2 N–H and O–H groups in total. The van der Waals surface area contributed by atoms with Crippen molar-refractivity contribution in [3.63, 3.8) is 0 Å². The van der Waals surface area contributed by atoms with Gasteiger partial charge < -0.3 is 20.1 Å². The van der Waals surface area contributed by atoms with Crippen LogP contribution in [0.25, 0.3) is 0 Å². The second kappa shape index (κ2) is 7.57. The largest absolute Gasteiger partial charge is 0.493 e. The molecule has 2 aromatic rings. The zero-order valence-corrected chi connectivity index (χ0v) is 18.8. The third-order valence-electron chi connectivity index (χ3n) is 5.38. The van der Waals surface area contributed by atoms with Crippen LogP contribution in [0.3, 0.4) is 0 Å². The van der Waals surface area contributed by atoms with E-state index in [1.165, 1.54) is 10.4 Å². The predicted molar refractivity (Wildman–Crippen MR) is 115 cm³/mol. The molecule has 28 heavy (non-hydrogen) atoms. The molecule has 6 nitrogen and oxygen atoms in total. The van der Waals surface area contributed by atoms with Crippen LogP contribution in [0.15, 0.2) is 16.6 Å².